The van der Waals surface area contributed by atoms with E-state index in [2.05, 4.69) is 36.3 Å². The summed E-state index contributed by atoms with van der Waals surface area (Å²) < 4.78 is 5.22. The first kappa shape index (κ1) is 14.5. The van der Waals surface area contributed by atoms with Crippen LogP contribution in [0.5, 0.6) is 0 Å². The first-order valence-corrected chi connectivity index (χ1v) is 7.07. The van der Waals surface area contributed by atoms with E-state index in [-0.39, 0.29) is 6.10 Å². The first-order chi connectivity index (χ1) is 8.17. The van der Waals surface area contributed by atoms with Crippen molar-refractivity contribution in [1.29, 1.82) is 0 Å². The van der Waals surface area contributed by atoms with Crippen LogP contribution in [0.2, 0.25) is 0 Å². The van der Waals surface area contributed by atoms with Crippen molar-refractivity contribution >= 4 is 11.3 Å². The Balaban J connectivity index is 2.41. The average Bonchev–Trinajstić information content (AvgIpc) is 2.81. The van der Waals surface area contributed by atoms with Crippen LogP contribution in [-0.2, 0) is 11.2 Å². The topological polar surface area (TPSA) is 47.0 Å². The van der Waals surface area contributed by atoms with Crippen molar-refractivity contribution < 1.29 is 4.74 Å². The fourth-order valence-corrected chi connectivity index (χ4v) is 2.32. The van der Waals surface area contributed by atoms with Gasteiger partial charge in [-0.15, -0.1) is 10.2 Å². The minimum atomic E-state index is 0.290. The third kappa shape index (κ3) is 5.10. The third-order valence-electron chi connectivity index (χ3n) is 2.72. The molecule has 1 aromatic rings. The predicted molar refractivity (Wildman–Crippen MR) is 71.4 cm³/mol. The molecule has 0 aliphatic carbocycles. The maximum Gasteiger partial charge on any atom is 0.134 e. The van der Waals surface area contributed by atoms with E-state index in [0.717, 1.165) is 35.8 Å². The third-order valence-corrected chi connectivity index (χ3v) is 3.89. The van der Waals surface area contributed by atoms with E-state index in [4.69, 9.17) is 4.74 Å². The van der Waals surface area contributed by atoms with Crippen molar-refractivity contribution in [2.45, 2.75) is 52.2 Å². The van der Waals surface area contributed by atoms with E-state index in [1.165, 1.54) is 0 Å². The molecule has 1 heterocycles. The van der Waals surface area contributed by atoms with E-state index >= 15 is 0 Å². The number of nitrogens with one attached hydrogen (secondary N) is 1. The Bertz CT molecular complexity index is 316. The number of rotatable bonds is 8. The molecule has 17 heavy (non-hydrogen) atoms. The monoisotopic (exact) mass is 257 g/mol. The molecular weight excluding hydrogens is 234 g/mol. The largest absolute Gasteiger partial charge is 0.382 e. The van der Waals surface area contributed by atoms with Crippen molar-refractivity contribution in [1.82, 2.24) is 15.5 Å². The molecule has 0 aliphatic heterocycles. The van der Waals surface area contributed by atoms with E-state index in [1.807, 2.05) is 0 Å². The van der Waals surface area contributed by atoms with Crippen LogP contribution in [0.1, 0.15) is 49.7 Å². The lowest BCUT2D eigenvalue weighted by molar-refractivity contribution is 0.111. The number of methoxy groups -OCH3 is 1. The van der Waals surface area contributed by atoms with Crippen LogP contribution in [0.25, 0.3) is 0 Å². The quantitative estimate of drug-likeness (QED) is 0.777. The first-order valence-electron chi connectivity index (χ1n) is 6.25. The van der Waals surface area contributed by atoms with Gasteiger partial charge in [-0.3, -0.25) is 0 Å². The molecule has 98 valence electrons. The molecule has 2 unspecified atom stereocenters. The maximum atomic E-state index is 5.22. The minimum absolute atomic E-state index is 0.290. The molecule has 1 aromatic heterocycles. The predicted octanol–water partition coefficient (Wildman–Crippen LogP) is 2.57. The van der Waals surface area contributed by atoms with Crippen molar-refractivity contribution in [3.63, 3.8) is 0 Å². The van der Waals surface area contributed by atoms with E-state index in [1.54, 1.807) is 18.4 Å². The lowest BCUT2D eigenvalue weighted by Crippen LogP contribution is -2.19. The molecule has 0 amide bonds. The Hall–Kier alpha value is -0.520. The van der Waals surface area contributed by atoms with Gasteiger partial charge in [0.15, 0.2) is 0 Å². The second-order valence-corrected chi connectivity index (χ2v) is 5.39. The van der Waals surface area contributed by atoms with Gasteiger partial charge in [-0.25, -0.2) is 0 Å². The lowest BCUT2D eigenvalue weighted by Gasteiger charge is -2.08. The van der Waals surface area contributed by atoms with Gasteiger partial charge >= 0.3 is 0 Å². The van der Waals surface area contributed by atoms with Gasteiger partial charge in [0.2, 0.25) is 0 Å². The van der Waals surface area contributed by atoms with Crippen LogP contribution >= 0.6 is 11.3 Å². The zero-order valence-corrected chi connectivity index (χ0v) is 12.0. The Morgan fingerprint density at radius 1 is 1.35 bits per heavy atom. The van der Waals surface area contributed by atoms with E-state index in [9.17, 15) is 0 Å². The van der Waals surface area contributed by atoms with Crippen LogP contribution in [0, 0.1) is 0 Å². The number of hydrogen-bond donors (Lipinski definition) is 1. The molecule has 4 nitrogen and oxygen atoms in total. The molecule has 0 saturated carbocycles. The Kier molecular flexibility index (Phi) is 6.62. The molecule has 1 rings (SSSR count). The lowest BCUT2D eigenvalue weighted by atomic mass is 10.2. The van der Waals surface area contributed by atoms with Gasteiger partial charge in [0.25, 0.3) is 0 Å². The fourth-order valence-electron chi connectivity index (χ4n) is 1.44. The van der Waals surface area contributed by atoms with Crippen molar-refractivity contribution in [2.75, 3.05) is 13.7 Å². The average molecular weight is 257 g/mol. The number of ether oxygens (including phenoxy) is 1. The molecule has 0 aromatic carbocycles. The molecule has 0 saturated heterocycles. The summed E-state index contributed by atoms with van der Waals surface area (Å²) in [5.41, 5.74) is 0. The highest BCUT2D eigenvalue weighted by Gasteiger charge is 2.11. The van der Waals surface area contributed by atoms with E-state index in [0.29, 0.717) is 6.04 Å². The van der Waals surface area contributed by atoms with Crippen LogP contribution in [0.4, 0.5) is 0 Å². The van der Waals surface area contributed by atoms with Crippen LogP contribution in [0.15, 0.2) is 0 Å². The van der Waals surface area contributed by atoms with Crippen LogP contribution in [0.3, 0.4) is 0 Å². The number of aromatic nitrogens is 2. The fraction of sp³-hybridized carbons (Fsp3) is 0.833. The van der Waals surface area contributed by atoms with Gasteiger partial charge in [0.1, 0.15) is 10.0 Å². The standard InChI is InChI=1S/C12H23N3OS/c1-5-8-13-10(3)12-15-14-11(17-12)7-6-9(2)16-4/h9-10,13H,5-8H2,1-4H3. The van der Waals surface area contributed by atoms with E-state index < -0.39 is 0 Å². The molecule has 0 spiro atoms. The van der Waals surface area contributed by atoms with Crippen LogP contribution in [-0.4, -0.2) is 30.0 Å². The smallest absolute Gasteiger partial charge is 0.134 e. The van der Waals surface area contributed by atoms with Gasteiger partial charge in [0.05, 0.1) is 12.1 Å². The molecule has 0 aliphatic rings. The highest BCUT2D eigenvalue weighted by molar-refractivity contribution is 7.11. The van der Waals surface area contributed by atoms with Gasteiger partial charge in [-0.2, -0.15) is 0 Å². The molecule has 1 N–H and O–H groups in total. The molecule has 5 heteroatoms. The van der Waals surface area contributed by atoms with Crippen molar-refractivity contribution in [3.8, 4) is 0 Å². The summed E-state index contributed by atoms with van der Waals surface area (Å²) in [6.07, 6.45) is 3.38. The molecule has 0 radical (unpaired) electrons. The Morgan fingerprint density at radius 2 is 2.12 bits per heavy atom. The highest BCUT2D eigenvalue weighted by Crippen LogP contribution is 2.19. The normalized spacial score (nSPS) is 14.8. The van der Waals surface area contributed by atoms with Gasteiger partial charge in [0, 0.05) is 13.5 Å². The molecular formula is C12H23N3OS. The summed E-state index contributed by atoms with van der Waals surface area (Å²) in [5, 5.41) is 14.1. The molecule has 0 fully saturated rings. The van der Waals surface area contributed by atoms with Crippen molar-refractivity contribution in [3.05, 3.63) is 10.0 Å². The van der Waals surface area contributed by atoms with Gasteiger partial charge in [-0.05, 0) is 33.2 Å². The minimum Gasteiger partial charge on any atom is -0.382 e. The number of hydrogen-bond acceptors (Lipinski definition) is 5. The second-order valence-electron chi connectivity index (χ2n) is 4.29. The summed E-state index contributed by atoms with van der Waals surface area (Å²) in [5.74, 6) is 0. The Labute approximate surface area is 108 Å². The molecule has 2 atom stereocenters. The highest BCUT2D eigenvalue weighted by atomic mass is 32.1. The van der Waals surface area contributed by atoms with Gasteiger partial charge in [-0.1, -0.05) is 18.3 Å². The van der Waals surface area contributed by atoms with Crippen LogP contribution < -0.4 is 5.32 Å². The zero-order chi connectivity index (χ0) is 12.7. The van der Waals surface area contributed by atoms with Crippen molar-refractivity contribution in [2.24, 2.45) is 0 Å². The summed E-state index contributed by atoms with van der Waals surface area (Å²) in [7, 11) is 1.74. The second kappa shape index (κ2) is 7.74. The molecule has 0 bridgehead atoms. The number of nitrogens with zero attached hydrogens (tertiary/aromatic N) is 2. The SMILES string of the molecule is CCCNC(C)c1nnc(CCC(C)OC)s1. The summed E-state index contributed by atoms with van der Waals surface area (Å²) in [6, 6.07) is 0.307. The van der Waals surface area contributed by atoms with Gasteiger partial charge < -0.3 is 10.1 Å². The summed E-state index contributed by atoms with van der Waals surface area (Å²) in [4.78, 5) is 0. The summed E-state index contributed by atoms with van der Waals surface area (Å²) in [6.45, 7) is 7.40. The summed E-state index contributed by atoms with van der Waals surface area (Å²) >= 11 is 1.70. The maximum absolute atomic E-state index is 5.22. The zero-order valence-electron chi connectivity index (χ0n) is 11.2. The Morgan fingerprint density at radius 3 is 2.76 bits per heavy atom. The number of aryl methyl sites for hydroxylation is 1.